The summed E-state index contributed by atoms with van der Waals surface area (Å²) in [5, 5.41) is 2.92. The van der Waals surface area contributed by atoms with Crippen molar-refractivity contribution in [3.63, 3.8) is 0 Å². The Kier molecular flexibility index (Phi) is 28.6. The third kappa shape index (κ3) is 32.7. The van der Waals surface area contributed by atoms with E-state index in [4.69, 9.17) is 13.8 Å². The summed E-state index contributed by atoms with van der Waals surface area (Å²) in [7, 11) is 1.46. The van der Waals surface area contributed by atoms with Gasteiger partial charge in [0.2, 0.25) is 5.91 Å². The zero-order chi connectivity index (χ0) is 32.1. The van der Waals surface area contributed by atoms with Gasteiger partial charge in [-0.05, 0) is 12.8 Å². The van der Waals surface area contributed by atoms with E-state index < -0.39 is 13.9 Å². The van der Waals surface area contributed by atoms with Crippen molar-refractivity contribution in [2.75, 3.05) is 54.1 Å². The summed E-state index contributed by atoms with van der Waals surface area (Å²) >= 11 is 0. The van der Waals surface area contributed by atoms with Crippen molar-refractivity contribution in [1.82, 2.24) is 5.32 Å². The standard InChI is InChI=1S/C34H71N2O6P/c1-6-8-10-12-14-15-16-17-18-19-20-21-22-23-25-27-34(37)35-31-33(40-29-26-24-13-11-9-7-2)32-42-43(38,39)41-30-28-36(3,4)5/h33H,6-32H2,1-5H3,(H-,35,37,38,39). The van der Waals surface area contributed by atoms with Gasteiger partial charge in [-0.1, -0.05) is 136 Å². The van der Waals surface area contributed by atoms with Crippen LogP contribution in [0.1, 0.15) is 155 Å². The van der Waals surface area contributed by atoms with E-state index >= 15 is 0 Å². The van der Waals surface area contributed by atoms with E-state index in [0.29, 0.717) is 24.1 Å². The van der Waals surface area contributed by atoms with E-state index in [1.807, 2.05) is 21.1 Å². The fourth-order valence-electron chi connectivity index (χ4n) is 4.91. The monoisotopic (exact) mass is 635 g/mol. The Morgan fingerprint density at radius 3 is 1.58 bits per heavy atom. The predicted molar refractivity (Wildman–Crippen MR) is 178 cm³/mol. The molecular weight excluding hydrogens is 563 g/mol. The van der Waals surface area contributed by atoms with Crippen LogP contribution in [0.25, 0.3) is 0 Å². The van der Waals surface area contributed by atoms with E-state index in [9.17, 15) is 14.3 Å². The number of ether oxygens (including phenoxy) is 1. The van der Waals surface area contributed by atoms with Crippen molar-refractivity contribution in [2.24, 2.45) is 0 Å². The van der Waals surface area contributed by atoms with Crippen LogP contribution in [0.15, 0.2) is 0 Å². The number of rotatable bonds is 33. The number of carbonyl (C=O) groups is 1. The molecule has 8 nitrogen and oxygen atoms in total. The van der Waals surface area contributed by atoms with Crippen molar-refractivity contribution >= 4 is 13.7 Å². The van der Waals surface area contributed by atoms with Crippen LogP contribution in [0.4, 0.5) is 0 Å². The Labute approximate surface area is 266 Å². The highest BCUT2D eigenvalue weighted by Crippen LogP contribution is 2.38. The third-order valence-electron chi connectivity index (χ3n) is 7.82. The lowest BCUT2D eigenvalue weighted by atomic mass is 10.0. The number of nitrogens with zero attached hydrogens (tertiary/aromatic N) is 1. The molecule has 0 aliphatic heterocycles. The first-order valence-corrected chi connectivity index (χ1v) is 19.3. The van der Waals surface area contributed by atoms with Gasteiger partial charge in [-0.25, -0.2) is 0 Å². The first-order chi connectivity index (χ1) is 20.6. The summed E-state index contributed by atoms with van der Waals surface area (Å²) in [6.07, 6.45) is 26.2. The van der Waals surface area contributed by atoms with Gasteiger partial charge in [0.15, 0.2) is 0 Å². The number of nitrogens with one attached hydrogen (secondary N) is 1. The van der Waals surface area contributed by atoms with E-state index in [2.05, 4.69) is 19.2 Å². The SMILES string of the molecule is CCCCCCCCCCCCCCCCCC(=O)NCC(COP(=O)([O-])OCC[N+](C)(C)C)OCCCCCCCC. The number of quaternary nitrogens is 1. The van der Waals surface area contributed by atoms with Crippen molar-refractivity contribution < 1.29 is 32.5 Å². The summed E-state index contributed by atoms with van der Waals surface area (Å²) < 4.78 is 28.9. The minimum Gasteiger partial charge on any atom is -0.756 e. The highest BCUT2D eigenvalue weighted by Gasteiger charge is 2.18. The maximum Gasteiger partial charge on any atom is 0.268 e. The first kappa shape index (κ1) is 42.5. The molecule has 0 radical (unpaired) electrons. The van der Waals surface area contributed by atoms with Crippen LogP contribution in [0.3, 0.4) is 0 Å². The van der Waals surface area contributed by atoms with Gasteiger partial charge in [0, 0.05) is 19.6 Å². The molecule has 0 aliphatic rings. The smallest absolute Gasteiger partial charge is 0.268 e. The number of amides is 1. The summed E-state index contributed by atoms with van der Waals surface area (Å²) in [5.41, 5.74) is 0. The number of carbonyl (C=O) groups excluding carboxylic acids is 1. The number of phosphoric ester groups is 1. The fraction of sp³-hybridized carbons (Fsp3) is 0.971. The number of unbranched alkanes of at least 4 members (excludes halogenated alkanes) is 19. The zero-order valence-corrected chi connectivity index (χ0v) is 29.9. The van der Waals surface area contributed by atoms with Crippen molar-refractivity contribution in [2.45, 2.75) is 161 Å². The van der Waals surface area contributed by atoms with E-state index in [0.717, 1.165) is 25.7 Å². The molecule has 0 rings (SSSR count). The van der Waals surface area contributed by atoms with Crippen LogP contribution in [0, 0.1) is 0 Å². The largest absolute Gasteiger partial charge is 0.756 e. The fourth-order valence-corrected chi connectivity index (χ4v) is 5.64. The van der Waals surface area contributed by atoms with E-state index in [-0.39, 0.29) is 25.7 Å². The minimum absolute atomic E-state index is 0.0210. The van der Waals surface area contributed by atoms with Crippen LogP contribution >= 0.6 is 7.82 Å². The van der Waals surface area contributed by atoms with Crippen molar-refractivity contribution in [3.8, 4) is 0 Å². The highest BCUT2D eigenvalue weighted by molar-refractivity contribution is 7.45. The summed E-state index contributed by atoms with van der Waals surface area (Å²) in [5.74, 6) is -0.0210. The van der Waals surface area contributed by atoms with Gasteiger partial charge in [-0.15, -0.1) is 0 Å². The summed E-state index contributed by atoms with van der Waals surface area (Å²) in [6.45, 7) is 5.65. The van der Waals surface area contributed by atoms with Gasteiger partial charge >= 0.3 is 0 Å². The minimum atomic E-state index is -4.44. The van der Waals surface area contributed by atoms with Crippen LogP contribution in [-0.2, 0) is 23.1 Å². The van der Waals surface area contributed by atoms with E-state index in [1.54, 1.807) is 0 Å². The second-order valence-electron chi connectivity index (χ2n) is 13.4. The summed E-state index contributed by atoms with van der Waals surface area (Å²) in [6, 6.07) is 0. The number of likely N-dealkylation sites (N-methyl/N-ethyl adjacent to an activating group) is 1. The van der Waals surface area contributed by atoms with Gasteiger partial charge in [-0.3, -0.25) is 9.36 Å². The molecular formula is C34H71N2O6P. The molecule has 43 heavy (non-hydrogen) atoms. The lowest BCUT2D eigenvalue weighted by molar-refractivity contribution is -0.870. The molecule has 2 atom stereocenters. The Balaban J connectivity index is 4.12. The topological polar surface area (TPSA) is 96.9 Å². The molecule has 1 amide bonds. The molecule has 258 valence electrons. The second-order valence-corrected chi connectivity index (χ2v) is 14.8. The summed E-state index contributed by atoms with van der Waals surface area (Å²) in [4.78, 5) is 24.7. The number of hydrogen-bond acceptors (Lipinski definition) is 6. The molecule has 0 aromatic carbocycles. The van der Waals surface area contributed by atoms with Gasteiger partial charge < -0.3 is 28.5 Å². The van der Waals surface area contributed by atoms with Crippen LogP contribution in [0.2, 0.25) is 0 Å². The average molecular weight is 635 g/mol. The lowest BCUT2D eigenvalue weighted by Crippen LogP contribution is -2.38. The molecule has 1 N–H and O–H groups in total. The van der Waals surface area contributed by atoms with Gasteiger partial charge in [-0.2, -0.15) is 0 Å². The Hall–Kier alpha value is -0.500. The molecule has 0 saturated carbocycles. The lowest BCUT2D eigenvalue weighted by Gasteiger charge is -2.28. The van der Waals surface area contributed by atoms with E-state index in [1.165, 1.54) is 109 Å². The molecule has 0 bridgehead atoms. The molecule has 0 spiro atoms. The van der Waals surface area contributed by atoms with Gasteiger partial charge in [0.05, 0.1) is 33.9 Å². The number of hydrogen-bond donors (Lipinski definition) is 1. The molecule has 0 aromatic heterocycles. The average Bonchev–Trinajstić information content (AvgIpc) is 2.94. The van der Waals surface area contributed by atoms with Crippen molar-refractivity contribution in [1.29, 1.82) is 0 Å². The van der Waals surface area contributed by atoms with Gasteiger partial charge in [0.1, 0.15) is 13.2 Å². The molecule has 0 saturated heterocycles. The molecule has 2 unspecified atom stereocenters. The predicted octanol–water partition coefficient (Wildman–Crippen LogP) is 8.32. The van der Waals surface area contributed by atoms with Crippen LogP contribution in [-0.4, -0.2) is 70.5 Å². The molecule has 0 heterocycles. The zero-order valence-electron chi connectivity index (χ0n) is 29.0. The van der Waals surface area contributed by atoms with Crippen LogP contribution in [0.5, 0.6) is 0 Å². The van der Waals surface area contributed by atoms with Gasteiger partial charge in [0.25, 0.3) is 7.82 Å². The Morgan fingerprint density at radius 1 is 0.674 bits per heavy atom. The second kappa shape index (κ2) is 28.9. The maximum absolute atomic E-state index is 12.4. The molecule has 9 heteroatoms. The number of phosphoric acid groups is 1. The maximum atomic E-state index is 12.4. The Morgan fingerprint density at radius 2 is 1.12 bits per heavy atom. The quantitative estimate of drug-likeness (QED) is 0.0443. The highest BCUT2D eigenvalue weighted by atomic mass is 31.2. The van der Waals surface area contributed by atoms with Crippen LogP contribution < -0.4 is 10.2 Å². The molecule has 0 aromatic rings. The first-order valence-electron chi connectivity index (χ1n) is 17.9. The molecule has 0 aliphatic carbocycles. The Bertz CT molecular complexity index is 674. The third-order valence-corrected chi connectivity index (χ3v) is 8.78. The van der Waals surface area contributed by atoms with Crippen molar-refractivity contribution in [3.05, 3.63) is 0 Å². The molecule has 0 fully saturated rings. The normalized spacial score (nSPS) is 14.1.